The number of nitrogens with zero attached hydrogens (tertiary/aromatic N) is 2. The largest absolute Gasteiger partial charge is 0.308 e. The first-order chi connectivity index (χ1) is 7.74. The summed E-state index contributed by atoms with van der Waals surface area (Å²) >= 11 is 0. The van der Waals surface area contributed by atoms with Crippen molar-refractivity contribution >= 4 is 0 Å². The van der Waals surface area contributed by atoms with Crippen LogP contribution in [0.5, 0.6) is 0 Å². The molecule has 0 aliphatic rings. The van der Waals surface area contributed by atoms with Gasteiger partial charge in [0.15, 0.2) is 0 Å². The van der Waals surface area contributed by atoms with Gasteiger partial charge < -0.3 is 5.32 Å². The number of rotatable bonds is 3. The molecular weight excluding hydrogens is 200 g/mol. The molecule has 0 bridgehead atoms. The van der Waals surface area contributed by atoms with E-state index >= 15 is 0 Å². The minimum absolute atomic E-state index is 0.0960. The summed E-state index contributed by atoms with van der Waals surface area (Å²) in [7, 11) is 1.93. The highest BCUT2D eigenvalue weighted by atomic mass is 15.3. The van der Waals surface area contributed by atoms with Crippen molar-refractivity contribution in [2.45, 2.75) is 19.9 Å². The lowest BCUT2D eigenvalue weighted by Crippen LogP contribution is -2.19. The van der Waals surface area contributed by atoms with Gasteiger partial charge in [0.25, 0.3) is 0 Å². The van der Waals surface area contributed by atoms with Gasteiger partial charge in [-0.3, -0.25) is 0 Å². The molecule has 0 radical (unpaired) electrons. The lowest BCUT2D eigenvalue weighted by molar-refractivity contribution is 0.663. The van der Waals surface area contributed by atoms with Crippen LogP contribution in [-0.2, 0) is 0 Å². The Balaban J connectivity index is 2.45. The Morgan fingerprint density at radius 1 is 1.31 bits per heavy atom. The predicted molar refractivity (Wildman–Crippen MR) is 63.2 cm³/mol. The molecular formula is C12H16N4. The molecule has 4 heteroatoms. The summed E-state index contributed by atoms with van der Waals surface area (Å²) < 4.78 is 0. The Morgan fingerprint density at radius 2 is 2.12 bits per heavy atom. The Kier molecular flexibility index (Phi) is 3.01. The van der Waals surface area contributed by atoms with Crippen molar-refractivity contribution in [1.29, 1.82) is 0 Å². The average molecular weight is 216 g/mol. The van der Waals surface area contributed by atoms with E-state index in [1.807, 2.05) is 7.05 Å². The highest BCUT2D eigenvalue weighted by molar-refractivity contribution is 5.38. The molecule has 2 rings (SSSR count). The molecule has 2 aromatic rings. The van der Waals surface area contributed by atoms with Gasteiger partial charge >= 0.3 is 0 Å². The van der Waals surface area contributed by atoms with E-state index in [-0.39, 0.29) is 6.04 Å². The van der Waals surface area contributed by atoms with Crippen molar-refractivity contribution in [3.63, 3.8) is 0 Å². The smallest absolute Gasteiger partial charge is 0.104 e. The Morgan fingerprint density at radius 3 is 2.75 bits per heavy atom. The molecule has 0 aliphatic carbocycles. The third kappa shape index (κ3) is 1.84. The molecule has 1 aromatic heterocycles. The first-order valence-corrected chi connectivity index (χ1v) is 5.33. The van der Waals surface area contributed by atoms with Crippen LogP contribution in [-0.4, -0.2) is 22.5 Å². The topological polar surface area (TPSA) is 53.6 Å². The fraction of sp³-hybridized carbons (Fsp3) is 0.333. The molecule has 16 heavy (non-hydrogen) atoms. The summed E-state index contributed by atoms with van der Waals surface area (Å²) in [6.45, 7) is 4.25. The second-order valence-corrected chi connectivity index (χ2v) is 3.91. The van der Waals surface area contributed by atoms with Gasteiger partial charge in [-0.2, -0.15) is 15.4 Å². The molecule has 0 saturated carbocycles. The zero-order valence-corrected chi connectivity index (χ0v) is 9.78. The third-order valence-corrected chi connectivity index (χ3v) is 2.98. The number of hydrogen-bond acceptors (Lipinski definition) is 3. The quantitative estimate of drug-likeness (QED) is 0.821. The first-order valence-electron chi connectivity index (χ1n) is 5.33. The fourth-order valence-electron chi connectivity index (χ4n) is 1.90. The van der Waals surface area contributed by atoms with Gasteiger partial charge in [-0.25, -0.2) is 0 Å². The monoisotopic (exact) mass is 216 g/mol. The zero-order chi connectivity index (χ0) is 11.5. The Labute approximate surface area is 95.1 Å². The summed E-state index contributed by atoms with van der Waals surface area (Å²) in [6, 6.07) is 6.41. The standard InChI is InChI=1S/C12H16N4/c1-8-5-4-6-10(9(8)2)12(13-3)11-7-14-16-15-11/h4-7,12-13H,1-3H3,(H,14,15,16). The van der Waals surface area contributed by atoms with Crippen LogP contribution < -0.4 is 5.32 Å². The number of benzene rings is 1. The van der Waals surface area contributed by atoms with E-state index in [1.165, 1.54) is 16.7 Å². The fourth-order valence-corrected chi connectivity index (χ4v) is 1.90. The summed E-state index contributed by atoms with van der Waals surface area (Å²) in [5.74, 6) is 0. The molecule has 0 aliphatic heterocycles. The number of nitrogens with one attached hydrogen (secondary N) is 2. The summed E-state index contributed by atoms with van der Waals surface area (Å²) in [5.41, 5.74) is 4.75. The lowest BCUT2D eigenvalue weighted by atomic mass is 9.96. The van der Waals surface area contributed by atoms with Crippen molar-refractivity contribution in [3.8, 4) is 0 Å². The minimum Gasteiger partial charge on any atom is -0.308 e. The summed E-state index contributed by atoms with van der Waals surface area (Å²) in [5, 5.41) is 13.9. The molecule has 0 amide bonds. The van der Waals surface area contributed by atoms with Crippen LogP contribution in [0.2, 0.25) is 0 Å². The van der Waals surface area contributed by atoms with E-state index in [9.17, 15) is 0 Å². The van der Waals surface area contributed by atoms with E-state index < -0.39 is 0 Å². The van der Waals surface area contributed by atoms with Crippen LogP contribution in [0.4, 0.5) is 0 Å². The van der Waals surface area contributed by atoms with Gasteiger partial charge in [-0.1, -0.05) is 18.2 Å². The summed E-state index contributed by atoms with van der Waals surface area (Å²) in [6.07, 6.45) is 1.75. The second kappa shape index (κ2) is 4.45. The van der Waals surface area contributed by atoms with Crippen molar-refractivity contribution in [3.05, 3.63) is 46.8 Å². The number of aromatic amines is 1. The van der Waals surface area contributed by atoms with Crippen LogP contribution in [0.15, 0.2) is 24.4 Å². The van der Waals surface area contributed by atoms with Gasteiger partial charge in [0.05, 0.1) is 12.2 Å². The van der Waals surface area contributed by atoms with E-state index in [0.717, 1.165) is 5.69 Å². The van der Waals surface area contributed by atoms with E-state index in [2.05, 4.69) is 52.8 Å². The maximum Gasteiger partial charge on any atom is 0.104 e. The molecule has 1 heterocycles. The van der Waals surface area contributed by atoms with Gasteiger partial charge in [-0.15, -0.1) is 0 Å². The van der Waals surface area contributed by atoms with Crippen LogP contribution in [0.3, 0.4) is 0 Å². The first kappa shape index (κ1) is 10.8. The maximum absolute atomic E-state index is 4.14. The second-order valence-electron chi connectivity index (χ2n) is 3.91. The third-order valence-electron chi connectivity index (χ3n) is 2.98. The average Bonchev–Trinajstić information content (AvgIpc) is 2.79. The van der Waals surface area contributed by atoms with Gasteiger partial charge in [0.1, 0.15) is 5.69 Å². The SMILES string of the molecule is CNC(c1cn[nH]n1)c1cccc(C)c1C. The van der Waals surface area contributed by atoms with E-state index in [4.69, 9.17) is 0 Å². The molecule has 0 spiro atoms. The molecule has 0 saturated heterocycles. The van der Waals surface area contributed by atoms with Gasteiger partial charge in [-0.05, 0) is 37.6 Å². The lowest BCUT2D eigenvalue weighted by Gasteiger charge is -2.17. The Bertz CT molecular complexity index is 462. The predicted octanol–water partition coefficient (Wildman–Crippen LogP) is 1.73. The number of aromatic nitrogens is 3. The van der Waals surface area contributed by atoms with Crippen LogP contribution in [0.25, 0.3) is 0 Å². The normalized spacial score (nSPS) is 12.7. The molecule has 1 unspecified atom stereocenters. The molecule has 1 atom stereocenters. The molecule has 0 fully saturated rings. The minimum atomic E-state index is 0.0960. The highest BCUT2D eigenvalue weighted by Gasteiger charge is 2.16. The van der Waals surface area contributed by atoms with E-state index in [0.29, 0.717) is 0 Å². The highest BCUT2D eigenvalue weighted by Crippen LogP contribution is 2.24. The van der Waals surface area contributed by atoms with Crippen molar-refractivity contribution in [1.82, 2.24) is 20.7 Å². The molecule has 84 valence electrons. The zero-order valence-electron chi connectivity index (χ0n) is 9.78. The van der Waals surface area contributed by atoms with Gasteiger partial charge in [0, 0.05) is 0 Å². The number of H-pyrrole nitrogens is 1. The van der Waals surface area contributed by atoms with Crippen LogP contribution >= 0.6 is 0 Å². The van der Waals surface area contributed by atoms with Crippen LogP contribution in [0, 0.1) is 13.8 Å². The molecule has 2 N–H and O–H groups in total. The number of aryl methyl sites for hydroxylation is 1. The number of hydrogen-bond donors (Lipinski definition) is 2. The summed E-state index contributed by atoms with van der Waals surface area (Å²) in [4.78, 5) is 0. The van der Waals surface area contributed by atoms with E-state index in [1.54, 1.807) is 6.20 Å². The maximum atomic E-state index is 4.14. The Hall–Kier alpha value is -1.68. The van der Waals surface area contributed by atoms with Crippen molar-refractivity contribution in [2.24, 2.45) is 0 Å². The van der Waals surface area contributed by atoms with Crippen LogP contribution in [0.1, 0.15) is 28.4 Å². The van der Waals surface area contributed by atoms with Gasteiger partial charge in [0.2, 0.25) is 0 Å². The molecule has 4 nitrogen and oxygen atoms in total. The van der Waals surface area contributed by atoms with Crippen molar-refractivity contribution < 1.29 is 0 Å². The molecule has 1 aromatic carbocycles. The van der Waals surface area contributed by atoms with Crippen molar-refractivity contribution in [2.75, 3.05) is 7.05 Å².